The third-order valence-corrected chi connectivity index (χ3v) is 6.16. The Morgan fingerprint density at radius 2 is 2.03 bits per heavy atom. The van der Waals surface area contributed by atoms with Crippen LogP contribution in [0.2, 0.25) is 0 Å². The van der Waals surface area contributed by atoms with Crippen molar-refractivity contribution >= 4 is 5.91 Å². The average Bonchev–Trinajstić information content (AvgIpc) is 3.27. The molecule has 1 unspecified atom stereocenters. The zero-order chi connectivity index (χ0) is 22.0. The van der Waals surface area contributed by atoms with Gasteiger partial charge in [0.1, 0.15) is 5.82 Å². The summed E-state index contributed by atoms with van der Waals surface area (Å²) in [5.74, 6) is 1.58. The number of aromatic nitrogens is 2. The van der Waals surface area contributed by atoms with Gasteiger partial charge < -0.3 is 19.4 Å². The fourth-order valence-electron chi connectivity index (χ4n) is 4.37. The van der Waals surface area contributed by atoms with Gasteiger partial charge in [0.05, 0.1) is 24.4 Å². The maximum absolute atomic E-state index is 12.9. The van der Waals surface area contributed by atoms with Gasteiger partial charge in [-0.15, -0.1) is 0 Å². The molecule has 1 atom stereocenters. The molecule has 1 amide bonds. The summed E-state index contributed by atoms with van der Waals surface area (Å²) in [7, 11) is 1.57. The molecule has 3 heterocycles. The van der Waals surface area contributed by atoms with E-state index in [9.17, 15) is 9.59 Å². The highest BCUT2D eigenvalue weighted by molar-refractivity contribution is 5.78. The van der Waals surface area contributed by atoms with E-state index >= 15 is 0 Å². The number of benzene rings is 1. The van der Waals surface area contributed by atoms with Crippen molar-refractivity contribution in [2.24, 2.45) is 0 Å². The zero-order valence-electron chi connectivity index (χ0n) is 18.4. The van der Waals surface area contributed by atoms with E-state index in [-0.39, 0.29) is 24.1 Å². The van der Waals surface area contributed by atoms with Crippen LogP contribution in [0, 0.1) is 0 Å². The molecule has 2 aliphatic heterocycles. The summed E-state index contributed by atoms with van der Waals surface area (Å²) in [5, 5.41) is 0. The minimum absolute atomic E-state index is 0.0879. The smallest absolute Gasteiger partial charge is 0.261 e. The number of hydrogen-bond donors (Lipinski definition) is 1. The van der Waals surface area contributed by atoms with E-state index in [2.05, 4.69) is 23.7 Å². The van der Waals surface area contributed by atoms with Crippen molar-refractivity contribution in [2.75, 3.05) is 26.8 Å². The van der Waals surface area contributed by atoms with Crippen LogP contribution in [-0.4, -0.2) is 58.5 Å². The van der Waals surface area contributed by atoms with E-state index in [0.717, 1.165) is 37.1 Å². The van der Waals surface area contributed by atoms with Gasteiger partial charge in [0.2, 0.25) is 0 Å². The van der Waals surface area contributed by atoms with Crippen LogP contribution in [-0.2, 0) is 17.8 Å². The predicted molar refractivity (Wildman–Crippen MR) is 116 cm³/mol. The van der Waals surface area contributed by atoms with Crippen molar-refractivity contribution in [3.8, 4) is 11.5 Å². The van der Waals surface area contributed by atoms with Gasteiger partial charge in [-0.3, -0.25) is 14.5 Å². The molecule has 8 nitrogen and oxygen atoms in total. The quantitative estimate of drug-likeness (QED) is 0.763. The van der Waals surface area contributed by atoms with Crippen molar-refractivity contribution in [1.29, 1.82) is 0 Å². The molecular weight excluding hydrogens is 396 g/mol. The monoisotopic (exact) mass is 426 g/mol. The van der Waals surface area contributed by atoms with Crippen LogP contribution in [0.1, 0.15) is 49.8 Å². The molecular formula is C23H30N4O4. The lowest BCUT2D eigenvalue weighted by Gasteiger charge is -2.31. The molecule has 1 aromatic carbocycles. The number of methoxy groups -OCH3 is 1. The highest BCUT2D eigenvalue weighted by atomic mass is 16.5. The second kappa shape index (κ2) is 9.09. The first-order chi connectivity index (χ1) is 15.0. The van der Waals surface area contributed by atoms with Crippen LogP contribution in [0.15, 0.2) is 29.1 Å². The Morgan fingerprint density at radius 3 is 2.77 bits per heavy atom. The Balaban J connectivity index is 1.49. The van der Waals surface area contributed by atoms with E-state index in [1.165, 1.54) is 0 Å². The first-order valence-electron chi connectivity index (χ1n) is 10.9. The van der Waals surface area contributed by atoms with Crippen molar-refractivity contribution in [3.05, 3.63) is 51.7 Å². The Morgan fingerprint density at radius 1 is 1.26 bits per heavy atom. The Hall–Kier alpha value is -2.87. The lowest BCUT2D eigenvalue weighted by atomic mass is 10.0. The summed E-state index contributed by atoms with van der Waals surface area (Å²) in [5.41, 5.74) is 1.52. The number of likely N-dealkylation sites (tertiary alicyclic amines) is 1. The van der Waals surface area contributed by atoms with Crippen LogP contribution in [0.3, 0.4) is 0 Å². The fraction of sp³-hybridized carbons (Fsp3) is 0.522. The molecule has 8 heteroatoms. The van der Waals surface area contributed by atoms with Crippen molar-refractivity contribution < 1.29 is 14.3 Å². The van der Waals surface area contributed by atoms with Crippen LogP contribution in [0.25, 0.3) is 0 Å². The molecule has 31 heavy (non-hydrogen) atoms. The van der Waals surface area contributed by atoms with Crippen LogP contribution >= 0.6 is 0 Å². The maximum Gasteiger partial charge on any atom is 0.261 e. The van der Waals surface area contributed by atoms with Gasteiger partial charge in [0.25, 0.3) is 11.5 Å². The first kappa shape index (κ1) is 21.4. The standard InChI is InChI=1S/C23H30N4O4/c1-15(2)26-12-10-17-16(13-26)23(29)25-22(24-17)18-7-6-11-27(18)21(28)14-31-20-9-5-4-8-19(20)30-3/h4-5,8-9,15,18H,6-7,10-14H2,1-3H3,(H,24,25,29). The van der Waals surface area contributed by atoms with E-state index in [0.29, 0.717) is 36.5 Å². The third kappa shape index (κ3) is 4.44. The van der Waals surface area contributed by atoms with E-state index in [1.807, 2.05) is 12.1 Å². The second-order valence-electron chi connectivity index (χ2n) is 8.38. The molecule has 2 aromatic rings. The Kier molecular flexibility index (Phi) is 6.27. The van der Waals surface area contributed by atoms with Gasteiger partial charge in [0, 0.05) is 32.1 Å². The lowest BCUT2D eigenvalue weighted by Crippen LogP contribution is -2.41. The third-order valence-electron chi connectivity index (χ3n) is 6.16. The van der Waals surface area contributed by atoms with Gasteiger partial charge in [-0.25, -0.2) is 4.98 Å². The molecule has 1 fully saturated rings. The molecule has 2 aliphatic rings. The molecule has 1 N–H and O–H groups in total. The van der Waals surface area contributed by atoms with Crippen molar-refractivity contribution in [1.82, 2.24) is 19.8 Å². The molecule has 1 aromatic heterocycles. The summed E-state index contributed by atoms with van der Waals surface area (Å²) in [4.78, 5) is 37.5. The number of hydrogen-bond acceptors (Lipinski definition) is 6. The minimum atomic E-state index is -0.227. The number of carbonyl (C=O) groups excluding carboxylic acids is 1. The largest absolute Gasteiger partial charge is 0.493 e. The molecule has 4 rings (SSSR count). The van der Waals surface area contributed by atoms with Gasteiger partial charge in [-0.2, -0.15) is 0 Å². The number of nitrogens with one attached hydrogen (secondary N) is 1. The number of ether oxygens (including phenoxy) is 2. The van der Waals surface area contributed by atoms with Gasteiger partial charge in [0.15, 0.2) is 18.1 Å². The molecule has 0 bridgehead atoms. The first-order valence-corrected chi connectivity index (χ1v) is 10.9. The number of amides is 1. The number of para-hydroxylation sites is 2. The Labute approximate surface area is 182 Å². The van der Waals surface area contributed by atoms with Gasteiger partial charge in [-0.05, 0) is 38.8 Å². The Bertz CT molecular complexity index is 1000. The molecule has 0 radical (unpaired) electrons. The second-order valence-corrected chi connectivity index (χ2v) is 8.38. The molecule has 166 valence electrons. The van der Waals surface area contributed by atoms with Crippen LogP contribution in [0.4, 0.5) is 0 Å². The number of H-pyrrole nitrogens is 1. The minimum Gasteiger partial charge on any atom is -0.493 e. The summed E-state index contributed by atoms with van der Waals surface area (Å²) < 4.78 is 11.0. The molecule has 0 saturated carbocycles. The number of nitrogens with zero attached hydrogens (tertiary/aromatic N) is 3. The number of aromatic amines is 1. The van der Waals surface area contributed by atoms with Crippen LogP contribution in [0.5, 0.6) is 11.5 Å². The topological polar surface area (TPSA) is 87.8 Å². The molecule has 1 saturated heterocycles. The summed E-state index contributed by atoms with van der Waals surface area (Å²) >= 11 is 0. The van der Waals surface area contributed by atoms with Crippen molar-refractivity contribution in [3.63, 3.8) is 0 Å². The molecule has 0 aliphatic carbocycles. The summed E-state index contributed by atoms with van der Waals surface area (Å²) in [6.07, 6.45) is 2.40. The van der Waals surface area contributed by atoms with E-state index in [1.54, 1.807) is 24.1 Å². The van der Waals surface area contributed by atoms with Crippen LogP contribution < -0.4 is 15.0 Å². The summed E-state index contributed by atoms with van der Waals surface area (Å²) in [6.45, 7) is 6.32. The highest BCUT2D eigenvalue weighted by Crippen LogP contribution is 2.31. The normalized spacial score (nSPS) is 18.8. The number of carbonyl (C=O) groups is 1. The van der Waals surface area contributed by atoms with Gasteiger partial charge >= 0.3 is 0 Å². The zero-order valence-corrected chi connectivity index (χ0v) is 18.4. The summed E-state index contributed by atoms with van der Waals surface area (Å²) in [6, 6.07) is 7.41. The predicted octanol–water partition coefficient (Wildman–Crippen LogP) is 2.29. The fourth-order valence-corrected chi connectivity index (χ4v) is 4.37. The van der Waals surface area contributed by atoms with E-state index < -0.39 is 0 Å². The SMILES string of the molecule is COc1ccccc1OCC(=O)N1CCCC1c1nc2c(c(=O)[nH]1)CN(C(C)C)CC2. The number of fused-ring (bicyclic) bond motifs is 1. The van der Waals surface area contributed by atoms with Crippen molar-refractivity contribution in [2.45, 2.75) is 51.7 Å². The van der Waals surface area contributed by atoms with Gasteiger partial charge in [-0.1, -0.05) is 12.1 Å². The maximum atomic E-state index is 12.9. The highest BCUT2D eigenvalue weighted by Gasteiger charge is 2.33. The molecule has 0 spiro atoms. The number of rotatable bonds is 6. The lowest BCUT2D eigenvalue weighted by molar-refractivity contribution is -0.134. The average molecular weight is 427 g/mol. The van der Waals surface area contributed by atoms with E-state index in [4.69, 9.17) is 14.5 Å².